The highest BCUT2D eigenvalue weighted by molar-refractivity contribution is 5.95. The Morgan fingerprint density at radius 3 is 2.56 bits per heavy atom. The number of carbonyl (C=O) groups excluding carboxylic acids is 1. The molecule has 2 rings (SSSR count). The first-order valence-electron chi connectivity index (χ1n) is 4.51. The third-order valence-corrected chi connectivity index (χ3v) is 2.22. The summed E-state index contributed by atoms with van der Waals surface area (Å²) < 4.78 is 42.2. The maximum Gasteiger partial charge on any atom is 0.416 e. The molecule has 0 aliphatic carbocycles. The van der Waals surface area contributed by atoms with E-state index in [0.29, 0.717) is 0 Å². The summed E-state index contributed by atoms with van der Waals surface area (Å²) in [6.07, 6.45) is -2.97. The second-order valence-electron chi connectivity index (χ2n) is 3.34. The van der Waals surface area contributed by atoms with Gasteiger partial charge in [-0.3, -0.25) is 4.79 Å². The molecular formula is C11H7F3O2. The number of halogens is 3. The van der Waals surface area contributed by atoms with Gasteiger partial charge in [-0.1, -0.05) is 12.1 Å². The van der Waals surface area contributed by atoms with Gasteiger partial charge in [-0.2, -0.15) is 13.2 Å². The first-order valence-corrected chi connectivity index (χ1v) is 4.51. The quantitative estimate of drug-likeness (QED) is 0.738. The number of benzene rings is 1. The first-order chi connectivity index (χ1) is 7.48. The smallest absolute Gasteiger partial charge is 0.416 e. The maximum absolute atomic E-state index is 12.4. The number of hydrogen-bond acceptors (Lipinski definition) is 2. The highest BCUT2D eigenvalue weighted by Gasteiger charge is 2.32. The standard InChI is InChI=1S/C11H7F3O2/c12-11(13,14)8-3-1-2-7(6-8)10-9(15)4-5-16-10/h1-6,10H. The average Bonchev–Trinajstić information content (AvgIpc) is 2.63. The second-order valence-corrected chi connectivity index (χ2v) is 3.34. The molecule has 0 saturated heterocycles. The summed E-state index contributed by atoms with van der Waals surface area (Å²) in [4.78, 5) is 11.2. The summed E-state index contributed by atoms with van der Waals surface area (Å²) >= 11 is 0. The Labute approximate surface area is 89.3 Å². The molecule has 16 heavy (non-hydrogen) atoms. The molecule has 2 nitrogen and oxygen atoms in total. The Balaban J connectivity index is 2.33. The molecule has 1 atom stereocenters. The lowest BCUT2D eigenvalue weighted by molar-refractivity contribution is -0.137. The van der Waals surface area contributed by atoms with Crippen LogP contribution in [0.4, 0.5) is 13.2 Å². The number of ketones is 1. The van der Waals surface area contributed by atoms with Gasteiger partial charge in [-0.05, 0) is 12.1 Å². The van der Waals surface area contributed by atoms with Crippen molar-refractivity contribution in [3.8, 4) is 0 Å². The van der Waals surface area contributed by atoms with Gasteiger partial charge in [0.25, 0.3) is 0 Å². The van der Waals surface area contributed by atoms with E-state index in [1.54, 1.807) is 0 Å². The molecule has 0 fully saturated rings. The Hall–Kier alpha value is -1.78. The van der Waals surface area contributed by atoms with Crippen molar-refractivity contribution in [1.82, 2.24) is 0 Å². The monoisotopic (exact) mass is 228 g/mol. The normalized spacial score (nSPS) is 19.9. The van der Waals surface area contributed by atoms with Crippen LogP contribution in [-0.4, -0.2) is 5.78 Å². The molecule has 0 radical (unpaired) electrons. The van der Waals surface area contributed by atoms with Crippen LogP contribution in [0.5, 0.6) is 0 Å². The number of carbonyl (C=O) groups is 1. The summed E-state index contributed by atoms with van der Waals surface area (Å²) in [6, 6.07) is 4.57. The zero-order valence-corrected chi connectivity index (χ0v) is 7.99. The molecule has 84 valence electrons. The average molecular weight is 228 g/mol. The van der Waals surface area contributed by atoms with Crippen molar-refractivity contribution in [2.24, 2.45) is 0 Å². The van der Waals surface area contributed by atoms with Gasteiger partial charge in [0.1, 0.15) is 0 Å². The van der Waals surface area contributed by atoms with Gasteiger partial charge in [0.2, 0.25) is 5.78 Å². The second kappa shape index (κ2) is 3.66. The van der Waals surface area contributed by atoms with Crippen molar-refractivity contribution in [1.29, 1.82) is 0 Å². The molecule has 0 saturated carbocycles. The van der Waals surface area contributed by atoms with Gasteiger partial charge in [-0.15, -0.1) is 0 Å². The van der Waals surface area contributed by atoms with Crippen LogP contribution < -0.4 is 0 Å². The van der Waals surface area contributed by atoms with E-state index in [0.717, 1.165) is 12.1 Å². The predicted octanol–water partition coefficient (Wildman–Crippen LogP) is 2.86. The van der Waals surface area contributed by atoms with E-state index in [2.05, 4.69) is 0 Å². The third-order valence-electron chi connectivity index (χ3n) is 2.22. The fourth-order valence-electron chi connectivity index (χ4n) is 1.46. The van der Waals surface area contributed by atoms with Crippen LogP contribution in [0.2, 0.25) is 0 Å². The number of rotatable bonds is 1. The highest BCUT2D eigenvalue weighted by Crippen LogP contribution is 2.32. The Morgan fingerprint density at radius 2 is 2.00 bits per heavy atom. The maximum atomic E-state index is 12.4. The van der Waals surface area contributed by atoms with Gasteiger partial charge in [0.15, 0.2) is 6.10 Å². The van der Waals surface area contributed by atoms with Crippen LogP contribution in [0.1, 0.15) is 17.2 Å². The summed E-state index contributed by atoms with van der Waals surface area (Å²) in [5.74, 6) is -0.348. The molecule has 0 aromatic heterocycles. The zero-order valence-electron chi connectivity index (χ0n) is 7.99. The molecule has 1 aliphatic rings. The molecule has 1 aromatic rings. The summed E-state index contributed by atoms with van der Waals surface area (Å²) in [5, 5.41) is 0. The molecule has 0 spiro atoms. The molecule has 1 aromatic carbocycles. The minimum Gasteiger partial charge on any atom is -0.485 e. The van der Waals surface area contributed by atoms with E-state index in [1.807, 2.05) is 0 Å². The van der Waals surface area contributed by atoms with Crippen LogP contribution in [0.3, 0.4) is 0 Å². The molecular weight excluding hydrogens is 221 g/mol. The van der Waals surface area contributed by atoms with E-state index >= 15 is 0 Å². The van der Waals surface area contributed by atoms with Gasteiger partial charge in [-0.25, -0.2) is 0 Å². The van der Waals surface area contributed by atoms with Gasteiger partial charge >= 0.3 is 6.18 Å². The molecule has 0 amide bonds. The van der Waals surface area contributed by atoms with Gasteiger partial charge < -0.3 is 4.74 Å². The molecule has 1 unspecified atom stereocenters. The Bertz CT molecular complexity index is 449. The summed E-state index contributed by atoms with van der Waals surface area (Å²) in [5.41, 5.74) is -0.571. The van der Waals surface area contributed by atoms with Crippen LogP contribution in [0.25, 0.3) is 0 Å². The largest absolute Gasteiger partial charge is 0.485 e. The van der Waals surface area contributed by atoms with Crippen LogP contribution in [0.15, 0.2) is 36.6 Å². The van der Waals surface area contributed by atoms with E-state index < -0.39 is 17.8 Å². The van der Waals surface area contributed by atoms with E-state index in [-0.39, 0.29) is 11.3 Å². The van der Waals surface area contributed by atoms with Gasteiger partial charge in [0, 0.05) is 11.6 Å². The van der Waals surface area contributed by atoms with Crippen LogP contribution in [0, 0.1) is 0 Å². The molecule has 1 aliphatic heterocycles. The minimum atomic E-state index is -4.41. The summed E-state index contributed by atoms with van der Waals surface area (Å²) in [6.45, 7) is 0. The van der Waals surface area contributed by atoms with Crippen molar-refractivity contribution >= 4 is 5.78 Å². The molecule has 0 N–H and O–H groups in total. The topological polar surface area (TPSA) is 26.3 Å². The SMILES string of the molecule is O=C1C=COC1c1cccc(C(F)(F)F)c1. The fraction of sp³-hybridized carbons (Fsp3) is 0.182. The predicted molar refractivity (Wildman–Crippen MR) is 49.4 cm³/mol. The number of ether oxygens (including phenoxy) is 1. The summed E-state index contributed by atoms with van der Waals surface area (Å²) in [7, 11) is 0. The highest BCUT2D eigenvalue weighted by atomic mass is 19.4. The van der Waals surface area contributed by atoms with E-state index in [1.165, 1.54) is 24.5 Å². The van der Waals surface area contributed by atoms with Crippen molar-refractivity contribution in [2.75, 3.05) is 0 Å². The molecule has 5 heteroatoms. The molecule has 1 heterocycles. The van der Waals surface area contributed by atoms with Gasteiger partial charge in [0.05, 0.1) is 11.8 Å². The Morgan fingerprint density at radius 1 is 1.25 bits per heavy atom. The number of hydrogen-bond donors (Lipinski definition) is 0. The van der Waals surface area contributed by atoms with Crippen molar-refractivity contribution in [2.45, 2.75) is 12.3 Å². The minimum absolute atomic E-state index is 0.213. The first kappa shape index (κ1) is 10.7. The van der Waals surface area contributed by atoms with Crippen molar-refractivity contribution in [3.05, 3.63) is 47.7 Å². The van der Waals surface area contributed by atoms with Crippen LogP contribution >= 0.6 is 0 Å². The Kier molecular flexibility index (Phi) is 2.46. The van der Waals surface area contributed by atoms with E-state index in [4.69, 9.17) is 4.74 Å². The number of alkyl halides is 3. The van der Waals surface area contributed by atoms with Crippen molar-refractivity contribution in [3.63, 3.8) is 0 Å². The fourth-order valence-corrected chi connectivity index (χ4v) is 1.46. The van der Waals surface area contributed by atoms with E-state index in [9.17, 15) is 18.0 Å². The molecule has 0 bridgehead atoms. The lowest BCUT2D eigenvalue weighted by Crippen LogP contribution is -2.10. The third kappa shape index (κ3) is 1.93. The van der Waals surface area contributed by atoms with Crippen molar-refractivity contribution < 1.29 is 22.7 Å². The van der Waals surface area contributed by atoms with Crippen LogP contribution in [-0.2, 0) is 15.7 Å². The lowest BCUT2D eigenvalue weighted by Gasteiger charge is -2.12. The zero-order chi connectivity index (χ0) is 11.8. The lowest BCUT2D eigenvalue weighted by atomic mass is 10.0.